The normalized spacial score (nSPS) is 26.7. The molecule has 1 aromatic rings. The molecule has 1 aromatic heterocycles. The number of carboxylic acids is 1. The number of hydrogen-bond donors (Lipinski definition) is 2. The third kappa shape index (κ3) is 1.95. The van der Waals surface area contributed by atoms with Gasteiger partial charge in [-0.1, -0.05) is 36.9 Å². The van der Waals surface area contributed by atoms with Crippen LogP contribution in [0.5, 0.6) is 0 Å². The summed E-state index contributed by atoms with van der Waals surface area (Å²) in [7, 11) is 0. The summed E-state index contributed by atoms with van der Waals surface area (Å²) >= 11 is 2.18. The van der Waals surface area contributed by atoms with E-state index in [0.717, 1.165) is 32.9 Å². The fourth-order valence-corrected chi connectivity index (χ4v) is 5.69. The summed E-state index contributed by atoms with van der Waals surface area (Å²) < 4.78 is 0. The number of nitrogens with zero attached hydrogens (tertiary/aromatic N) is 1. The van der Waals surface area contributed by atoms with E-state index in [9.17, 15) is 19.2 Å². The molecule has 112 valence electrons. The van der Waals surface area contributed by atoms with Crippen molar-refractivity contribution in [3.8, 4) is 0 Å². The SMILES string of the molecule is CC1(C)c2sc(=O)[nH]c2S[C@@H]2C(=O)N(CC(=O)O)C(=O)[C@@H]21. The molecular formula is C12H12N2O5S2. The number of amides is 2. The van der Waals surface area contributed by atoms with Crippen molar-refractivity contribution in [1.82, 2.24) is 9.88 Å². The van der Waals surface area contributed by atoms with Crippen molar-refractivity contribution in [3.05, 3.63) is 14.5 Å². The van der Waals surface area contributed by atoms with Gasteiger partial charge in [-0.25, -0.2) is 0 Å². The number of rotatable bonds is 2. The number of carboxylic acid groups (broad SMARTS) is 1. The number of hydrogen-bond acceptors (Lipinski definition) is 6. The van der Waals surface area contributed by atoms with Crippen LogP contribution in [-0.4, -0.2) is 44.6 Å². The number of nitrogens with one attached hydrogen (secondary N) is 1. The van der Waals surface area contributed by atoms with Crippen LogP contribution in [0.15, 0.2) is 9.82 Å². The molecule has 21 heavy (non-hydrogen) atoms. The predicted octanol–water partition coefficient (Wildman–Crippen LogP) is 0.258. The minimum absolute atomic E-state index is 0.220. The summed E-state index contributed by atoms with van der Waals surface area (Å²) in [6, 6.07) is 0. The molecule has 0 aromatic carbocycles. The Balaban J connectivity index is 2.07. The average Bonchev–Trinajstić information content (AvgIpc) is 2.84. The lowest BCUT2D eigenvalue weighted by Crippen LogP contribution is -2.41. The molecule has 2 aliphatic heterocycles. The lowest BCUT2D eigenvalue weighted by Gasteiger charge is -2.36. The molecule has 1 fully saturated rings. The number of thiazole rings is 1. The Hall–Kier alpha value is -1.61. The van der Waals surface area contributed by atoms with E-state index >= 15 is 0 Å². The van der Waals surface area contributed by atoms with Gasteiger partial charge in [-0.15, -0.1) is 0 Å². The summed E-state index contributed by atoms with van der Waals surface area (Å²) in [5, 5.41) is 8.77. The number of carbonyl (C=O) groups excluding carboxylic acids is 2. The van der Waals surface area contributed by atoms with Crippen LogP contribution in [0.25, 0.3) is 0 Å². The highest BCUT2D eigenvalue weighted by Crippen LogP contribution is 2.52. The summed E-state index contributed by atoms with van der Waals surface area (Å²) in [5.41, 5.74) is -0.685. The van der Waals surface area contributed by atoms with Crippen LogP contribution in [0.4, 0.5) is 0 Å². The van der Waals surface area contributed by atoms with Crippen molar-refractivity contribution in [2.24, 2.45) is 5.92 Å². The number of thioether (sulfide) groups is 1. The van der Waals surface area contributed by atoms with Crippen LogP contribution < -0.4 is 4.87 Å². The second-order valence-corrected chi connectivity index (χ2v) is 7.70. The highest BCUT2D eigenvalue weighted by Gasteiger charge is 2.59. The van der Waals surface area contributed by atoms with E-state index in [2.05, 4.69) is 4.98 Å². The zero-order chi connectivity index (χ0) is 15.5. The molecule has 1 saturated heterocycles. The van der Waals surface area contributed by atoms with Crippen molar-refractivity contribution in [3.63, 3.8) is 0 Å². The average molecular weight is 328 g/mol. The maximum absolute atomic E-state index is 12.5. The minimum Gasteiger partial charge on any atom is -0.480 e. The van der Waals surface area contributed by atoms with Crippen molar-refractivity contribution in [2.45, 2.75) is 29.5 Å². The number of imide groups is 1. The Morgan fingerprint density at radius 2 is 2.00 bits per heavy atom. The summed E-state index contributed by atoms with van der Waals surface area (Å²) in [4.78, 5) is 51.2. The molecule has 3 rings (SSSR count). The van der Waals surface area contributed by atoms with Crippen molar-refractivity contribution in [2.75, 3.05) is 6.54 Å². The summed E-state index contributed by atoms with van der Waals surface area (Å²) in [6.45, 7) is 3.00. The van der Waals surface area contributed by atoms with Gasteiger partial charge in [0.25, 0.3) is 0 Å². The molecule has 9 heteroatoms. The van der Waals surface area contributed by atoms with Crippen LogP contribution >= 0.6 is 23.1 Å². The van der Waals surface area contributed by atoms with Gasteiger partial charge < -0.3 is 10.1 Å². The predicted molar refractivity (Wildman–Crippen MR) is 75.5 cm³/mol. The van der Waals surface area contributed by atoms with E-state index in [1.807, 2.05) is 13.8 Å². The maximum atomic E-state index is 12.5. The van der Waals surface area contributed by atoms with E-state index in [-0.39, 0.29) is 4.87 Å². The van der Waals surface area contributed by atoms with Gasteiger partial charge in [-0.2, -0.15) is 0 Å². The number of fused-ring (bicyclic) bond motifs is 2. The molecule has 2 amide bonds. The molecule has 0 radical (unpaired) electrons. The minimum atomic E-state index is -1.22. The number of aromatic amines is 1. The van der Waals surface area contributed by atoms with Gasteiger partial charge in [-0.3, -0.25) is 24.1 Å². The van der Waals surface area contributed by atoms with E-state index in [1.54, 1.807) is 0 Å². The molecule has 0 aliphatic carbocycles. The Labute approximate surface area is 127 Å². The van der Waals surface area contributed by atoms with Crippen LogP contribution in [-0.2, 0) is 19.8 Å². The molecule has 2 atom stereocenters. The Bertz CT molecular complexity index is 719. The molecule has 0 bridgehead atoms. The molecule has 3 heterocycles. The highest BCUT2D eigenvalue weighted by atomic mass is 32.2. The summed E-state index contributed by atoms with van der Waals surface area (Å²) in [6.07, 6.45) is 0. The summed E-state index contributed by atoms with van der Waals surface area (Å²) in [5.74, 6) is -2.84. The number of H-pyrrole nitrogens is 1. The van der Waals surface area contributed by atoms with Crippen LogP contribution in [0.3, 0.4) is 0 Å². The quantitative estimate of drug-likeness (QED) is 0.754. The Morgan fingerprint density at radius 3 is 2.62 bits per heavy atom. The molecular weight excluding hydrogens is 316 g/mol. The van der Waals surface area contributed by atoms with Gasteiger partial charge in [0.05, 0.1) is 10.9 Å². The first kappa shape index (κ1) is 14.3. The fourth-order valence-electron chi connectivity index (χ4n) is 2.89. The van der Waals surface area contributed by atoms with Gasteiger partial charge in [0.1, 0.15) is 11.8 Å². The molecule has 0 spiro atoms. The van der Waals surface area contributed by atoms with E-state index in [0.29, 0.717) is 5.03 Å². The molecule has 2 N–H and O–H groups in total. The topological polar surface area (TPSA) is 108 Å². The first-order valence-corrected chi connectivity index (χ1v) is 7.90. The third-order valence-corrected chi connectivity index (χ3v) is 6.48. The Morgan fingerprint density at radius 1 is 1.33 bits per heavy atom. The van der Waals surface area contributed by atoms with Gasteiger partial charge in [0, 0.05) is 10.3 Å². The van der Waals surface area contributed by atoms with Gasteiger partial charge in [0.2, 0.25) is 11.8 Å². The molecule has 0 unspecified atom stereocenters. The van der Waals surface area contributed by atoms with Crippen molar-refractivity contribution < 1.29 is 19.5 Å². The van der Waals surface area contributed by atoms with Gasteiger partial charge >= 0.3 is 10.8 Å². The molecule has 7 nitrogen and oxygen atoms in total. The zero-order valence-corrected chi connectivity index (χ0v) is 12.8. The highest BCUT2D eigenvalue weighted by molar-refractivity contribution is 8.00. The van der Waals surface area contributed by atoms with Crippen LogP contribution in [0.2, 0.25) is 0 Å². The van der Waals surface area contributed by atoms with Crippen molar-refractivity contribution in [1.29, 1.82) is 0 Å². The van der Waals surface area contributed by atoms with E-state index in [4.69, 9.17) is 5.11 Å². The smallest absolute Gasteiger partial charge is 0.323 e. The monoisotopic (exact) mass is 328 g/mol. The second kappa shape index (κ2) is 4.44. The fraction of sp³-hybridized carbons (Fsp3) is 0.500. The Kier molecular flexibility index (Phi) is 3.03. The second-order valence-electron chi connectivity index (χ2n) is 5.57. The first-order valence-electron chi connectivity index (χ1n) is 6.20. The molecule has 0 saturated carbocycles. The van der Waals surface area contributed by atoms with Crippen LogP contribution in [0.1, 0.15) is 18.7 Å². The third-order valence-electron chi connectivity index (χ3n) is 3.86. The number of aliphatic carboxylic acids is 1. The zero-order valence-electron chi connectivity index (χ0n) is 11.2. The van der Waals surface area contributed by atoms with Gasteiger partial charge in [0.15, 0.2) is 0 Å². The first-order chi connectivity index (χ1) is 9.73. The lowest BCUT2D eigenvalue weighted by atomic mass is 9.76. The number of aromatic nitrogens is 1. The largest absolute Gasteiger partial charge is 0.480 e. The van der Waals surface area contributed by atoms with E-state index in [1.165, 1.54) is 0 Å². The van der Waals surface area contributed by atoms with Crippen LogP contribution in [0, 0.1) is 5.92 Å². The maximum Gasteiger partial charge on any atom is 0.323 e. The standard InChI is InChI=1S/C12H12N2O5S2/c1-12(2)5-6(20-8-7(12)21-11(19)13-8)10(18)14(9(5)17)3-4(15)16/h5-6H,3H2,1-2H3,(H,13,19)(H,15,16)/t5-,6+/m1/s1. The van der Waals surface area contributed by atoms with E-state index < -0.39 is 40.9 Å². The number of likely N-dealkylation sites (tertiary alicyclic amines) is 1. The lowest BCUT2D eigenvalue weighted by molar-refractivity contribution is -0.149. The van der Waals surface area contributed by atoms with Gasteiger partial charge in [-0.05, 0) is 0 Å². The number of carbonyl (C=O) groups is 3. The molecule has 2 aliphatic rings. The van der Waals surface area contributed by atoms with Crippen molar-refractivity contribution >= 4 is 40.9 Å².